The molecule has 29 heavy (non-hydrogen) atoms. The van der Waals surface area contributed by atoms with Crippen LogP contribution in [0.2, 0.25) is 0 Å². The molecule has 1 aliphatic rings. The van der Waals surface area contributed by atoms with E-state index in [0.717, 1.165) is 29.5 Å². The first-order chi connectivity index (χ1) is 14.3. The van der Waals surface area contributed by atoms with E-state index in [1.165, 1.54) is 33.3 Å². The molecular weight excluding hydrogens is 378 g/mol. The van der Waals surface area contributed by atoms with E-state index < -0.39 is 0 Å². The van der Waals surface area contributed by atoms with Crippen molar-refractivity contribution in [2.75, 3.05) is 13.7 Å². The number of pyridine rings is 1. The van der Waals surface area contributed by atoms with E-state index in [-0.39, 0.29) is 6.04 Å². The number of fused-ring (bicyclic) bond motifs is 3. The van der Waals surface area contributed by atoms with Crippen molar-refractivity contribution in [2.45, 2.75) is 23.2 Å². The van der Waals surface area contributed by atoms with E-state index in [9.17, 15) is 0 Å². The van der Waals surface area contributed by atoms with E-state index in [1.54, 1.807) is 18.9 Å². The van der Waals surface area contributed by atoms with Gasteiger partial charge in [-0.3, -0.25) is 0 Å². The van der Waals surface area contributed by atoms with Gasteiger partial charge in [-0.15, -0.1) is 11.8 Å². The topological polar surface area (TPSA) is 49.9 Å². The highest BCUT2D eigenvalue weighted by molar-refractivity contribution is 7.98. The van der Waals surface area contributed by atoms with Gasteiger partial charge in [-0.1, -0.05) is 30.3 Å². The van der Waals surface area contributed by atoms with Gasteiger partial charge in [0, 0.05) is 40.7 Å². The fraction of sp³-hybridized carbons (Fsp3) is 0.208. The van der Waals surface area contributed by atoms with Gasteiger partial charge in [0.1, 0.15) is 5.75 Å². The fourth-order valence-electron chi connectivity index (χ4n) is 4.14. The second kappa shape index (κ2) is 7.93. The van der Waals surface area contributed by atoms with Crippen molar-refractivity contribution in [1.82, 2.24) is 15.3 Å². The quantitative estimate of drug-likeness (QED) is 0.457. The lowest BCUT2D eigenvalue weighted by Crippen LogP contribution is -2.30. The Hall–Kier alpha value is -2.76. The third-order valence-corrected chi connectivity index (χ3v) is 6.50. The lowest BCUT2D eigenvalue weighted by Gasteiger charge is -2.25. The maximum atomic E-state index is 5.63. The standard InChI is InChI=1S/C24H23N3OS/c1-28-21-10-9-16(14-17(21)15-29-22-8-4-5-12-25-22)23-24-19(11-13-26-23)18-6-2-3-7-20(18)27-24/h2-10,12,14,23,26-27H,11,13,15H2,1H3/t23-/m1/s1. The Kier molecular flexibility index (Phi) is 5.00. The fourth-order valence-corrected chi connectivity index (χ4v) is 4.98. The predicted octanol–water partition coefficient (Wildman–Crippen LogP) is 5.10. The molecule has 2 N–H and O–H groups in total. The third-order valence-electron chi connectivity index (χ3n) is 5.51. The van der Waals surface area contributed by atoms with Crippen LogP contribution in [0.4, 0.5) is 0 Å². The lowest BCUT2D eigenvalue weighted by atomic mass is 9.93. The highest BCUT2D eigenvalue weighted by atomic mass is 32.2. The summed E-state index contributed by atoms with van der Waals surface area (Å²) in [6.07, 6.45) is 2.88. The van der Waals surface area contributed by atoms with Crippen molar-refractivity contribution in [3.63, 3.8) is 0 Å². The minimum absolute atomic E-state index is 0.163. The molecule has 0 fully saturated rings. The van der Waals surface area contributed by atoms with Crippen LogP contribution in [-0.4, -0.2) is 23.6 Å². The molecule has 0 aliphatic carbocycles. The normalized spacial score (nSPS) is 16.0. The molecular formula is C24H23N3OS. The second-order valence-electron chi connectivity index (χ2n) is 7.23. The third kappa shape index (κ3) is 3.52. The van der Waals surface area contributed by atoms with E-state index >= 15 is 0 Å². The van der Waals surface area contributed by atoms with Crippen molar-refractivity contribution in [3.8, 4) is 5.75 Å². The van der Waals surface area contributed by atoms with Crippen molar-refractivity contribution in [3.05, 3.63) is 89.2 Å². The molecule has 1 atom stereocenters. The summed E-state index contributed by atoms with van der Waals surface area (Å²) >= 11 is 1.73. The maximum Gasteiger partial charge on any atom is 0.122 e. The first-order valence-electron chi connectivity index (χ1n) is 9.87. The van der Waals surface area contributed by atoms with Gasteiger partial charge in [0.25, 0.3) is 0 Å². The molecule has 4 aromatic rings. The molecule has 4 nitrogen and oxygen atoms in total. The molecule has 0 radical (unpaired) electrons. The lowest BCUT2D eigenvalue weighted by molar-refractivity contribution is 0.411. The van der Waals surface area contributed by atoms with Crippen LogP contribution in [0.15, 0.2) is 71.9 Å². The Morgan fingerprint density at radius 3 is 2.86 bits per heavy atom. The molecule has 5 rings (SSSR count). The number of ether oxygens (including phenoxy) is 1. The van der Waals surface area contributed by atoms with Crippen LogP contribution in [0.3, 0.4) is 0 Å². The Morgan fingerprint density at radius 2 is 2.00 bits per heavy atom. The van der Waals surface area contributed by atoms with Crippen molar-refractivity contribution in [2.24, 2.45) is 0 Å². The average Bonchev–Trinajstić information content (AvgIpc) is 3.17. The summed E-state index contributed by atoms with van der Waals surface area (Å²) in [5, 5.41) is 6.06. The van der Waals surface area contributed by atoms with Crippen LogP contribution in [0.1, 0.15) is 28.4 Å². The summed E-state index contributed by atoms with van der Waals surface area (Å²) in [7, 11) is 1.73. The van der Waals surface area contributed by atoms with Crippen LogP contribution in [0.5, 0.6) is 5.75 Å². The predicted molar refractivity (Wildman–Crippen MR) is 119 cm³/mol. The van der Waals surface area contributed by atoms with E-state index in [2.05, 4.69) is 57.7 Å². The Bertz CT molecular complexity index is 1140. The zero-order chi connectivity index (χ0) is 19.6. The number of benzene rings is 2. The van der Waals surface area contributed by atoms with Crippen LogP contribution in [0.25, 0.3) is 10.9 Å². The Balaban J connectivity index is 1.49. The number of para-hydroxylation sites is 1. The smallest absolute Gasteiger partial charge is 0.122 e. The molecule has 0 saturated carbocycles. The van der Waals surface area contributed by atoms with Gasteiger partial charge >= 0.3 is 0 Å². The summed E-state index contributed by atoms with van der Waals surface area (Å²) in [6, 6.07) is 21.3. The number of H-pyrrole nitrogens is 1. The summed E-state index contributed by atoms with van der Waals surface area (Å²) < 4.78 is 5.63. The molecule has 0 amide bonds. The zero-order valence-electron chi connectivity index (χ0n) is 16.3. The van der Waals surface area contributed by atoms with Gasteiger partial charge in [-0.05, 0) is 47.9 Å². The molecule has 0 spiro atoms. The maximum absolute atomic E-state index is 5.63. The monoisotopic (exact) mass is 401 g/mol. The molecule has 0 bridgehead atoms. The molecule has 5 heteroatoms. The number of rotatable bonds is 5. The van der Waals surface area contributed by atoms with Gasteiger partial charge in [0.05, 0.1) is 18.2 Å². The van der Waals surface area contributed by atoms with Crippen LogP contribution in [-0.2, 0) is 12.2 Å². The number of methoxy groups -OCH3 is 1. The van der Waals surface area contributed by atoms with Gasteiger partial charge in [-0.2, -0.15) is 0 Å². The zero-order valence-corrected chi connectivity index (χ0v) is 17.1. The molecule has 2 aromatic heterocycles. The summed E-state index contributed by atoms with van der Waals surface area (Å²) in [4.78, 5) is 8.08. The molecule has 2 aromatic carbocycles. The first-order valence-corrected chi connectivity index (χ1v) is 10.9. The van der Waals surface area contributed by atoms with E-state index in [0.29, 0.717) is 0 Å². The molecule has 0 saturated heterocycles. The number of aromatic nitrogens is 2. The van der Waals surface area contributed by atoms with Crippen LogP contribution in [0, 0.1) is 0 Å². The largest absolute Gasteiger partial charge is 0.496 e. The van der Waals surface area contributed by atoms with Crippen molar-refractivity contribution >= 4 is 22.7 Å². The molecule has 0 unspecified atom stereocenters. The van der Waals surface area contributed by atoms with Crippen molar-refractivity contribution < 1.29 is 4.74 Å². The van der Waals surface area contributed by atoms with Gasteiger partial charge in [0.15, 0.2) is 0 Å². The number of nitrogens with zero attached hydrogens (tertiary/aromatic N) is 1. The molecule has 146 valence electrons. The van der Waals surface area contributed by atoms with Crippen molar-refractivity contribution in [1.29, 1.82) is 0 Å². The molecule has 3 heterocycles. The second-order valence-corrected chi connectivity index (χ2v) is 8.22. The average molecular weight is 402 g/mol. The van der Waals surface area contributed by atoms with Crippen LogP contribution >= 0.6 is 11.8 Å². The SMILES string of the molecule is COc1ccc([C@H]2NCCc3c2[nH]c2ccccc32)cc1CSc1ccccn1. The summed E-state index contributed by atoms with van der Waals surface area (Å²) in [6.45, 7) is 0.976. The van der Waals surface area contributed by atoms with Crippen LogP contribution < -0.4 is 10.1 Å². The Labute approximate surface area is 174 Å². The number of thioether (sulfide) groups is 1. The first kappa shape index (κ1) is 18.3. The minimum atomic E-state index is 0.163. The summed E-state index contributed by atoms with van der Waals surface area (Å²) in [5.74, 6) is 1.74. The number of aromatic amines is 1. The number of hydrogen-bond acceptors (Lipinski definition) is 4. The van der Waals surface area contributed by atoms with Gasteiger partial charge in [-0.25, -0.2) is 4.98 Å². The van der Waals surface area contributed by atoms with Gasteiger partial charge in [0.2, 0.25) is 0 Å². The number of nitrogens with one attached hydrogen (secondary N) is 2. The van der Waals surface area contributed by atoms with Gasteiger partial charge < -0.3 is 15.0 Å². The Morgan fingerprint density at radius 1 is 1.10 bits per heavy atom. The highest BCUT2D eigenvalue weighted by Crippen LogP contribution is 2.36. The summed E-state index contributed by atoms with van der Waals surface area (Å²) in [5.41, 5.74) is 6.38. The highest BCUT2D eigenvalue weighted by Gasteiger charge is 2.25. The van der Waals surface area contributed by atoms with E-state index in [1.807, 2.05) is 24.4 Å². The number of hydrogen-bond donors (Lipinski definition) is 2. The minimum Gasteiger partial charge on any atom is -0.496 e. The van der Waals surface area contributed by atoms with E-state index in [4.69, 9.17) is 4.74 Å². The molecule has 1 aliphatic heterocycles.